The van der Waals surface area contributed by atoms with E-state index in [1.807, 2.05) is 5.38 Å². The van der Waals surface area contributed by atoms with Gasteiger partial charge in [0.15, 0.2) is 0 Å². The van der Waals surface area contributed by atoms with Crippen LogP contribution < -0.4 is 16.3 Å². The molecular weight excluding hydrogens is 364 g/mol. The molecule has 0 radical (unpaired) electrons. The maximum atomic E-state index is 12.2. The van der Waals surface area contributed by atoms with Crippen LogP contribution in [0.5, 0.6) is 0 Å². The van der Waals surface area contributed by atoms with Gasteiger partial charge in [-0.05, 0) is 19.3 Å². The van der Waals surface area contributed by atoms with E-state index < -0.39 is 0 Å². The third-order valence-corrected chi connectivity index (χ3v) is 5.80. The number of thiazole rings is 1. The van der Waals surface area contributed by atoms with Crippen LogP contribution >= 0.6 is 11.3 Å². The fourth-order valence-electron chi connectivity index (χ4n) is 2.99. The SMILES string of the molecule is CC(C)(C)c1nc(CNC(=O)NCCCn2nc3n(c2=O)CCCC3)cs1. The van der Waals surface area contributed by atoms with Crippen molar-refractivity contribution in [3.63, 3.8) is 0 Å². The van der Waals surface area contributed by atoms with Gasteiger partial charge >= 0.3 is 11.7 Å². The van der Waals surface area contributed by atoms with Gasteiger partial charge in [-0.25, -0.2) is 19.3 Å². The Kier molecular flexibility index (Phi) is 5.98. The second-order valence-corrected chi connectivity index (χ2v) is 8.75. The van der Waals surface area contributed by atoms with Crippen molar-refractivity contribution in [3.8, 4) is 0 Å². The quantitative estimate of drug-likeness (QED) is 0.736. The fourth-order valence-corrected chi connectivity index (χ4v) is 3.90. The number of carbonyl (C=O) groups excluding carboxylic acids is 1. The lowest BCUT2D eigenvalue weighted by molar-refractivity contribution is 0.240. The summed E-state index contributed by atoms with van der Waals surface area (Å²) in [7, 11) is 0. The monoisotopic (exact) mass is 392 g/mol. The first-order valence-electron chi connectivity index (χ1n) is 9.48. The van der Waals surface area contributed by atoms with Crippen LogP contribution in [0, 0.1) is 0 Å². The third-order valence-electron chi connectivity index (χ3n) is 4.49. The molecule has 0 spiro atoms. The molecule has 2 aromatic heterocycles. The average molecular weight is 393 g/mol. The third kappa shape index (κ3) is 4.97. The first-order valence-corrected chi connectivity index (χ1v) is 10.4. The molecule has 0 aromatic carbocycles. The number of hydrogen-bond donors (Lipinski definition) is 2. The van der Waals surface area contributed by atoms with Gasteiger partial charge < -0.3 is 10.6 Å². The summed E-state index contributed by atoms with van der Waals surface area (Å²) in [5, 5.41) is 13.1. The van der Waals surface area contributed by atoms with Crippen LogP contribution in [0.1, 0.15) is 56.6 Å². The van der Waals surface area contributed by atoms with Gasteiger partial charge in [0.05, 0.1) is 17.2 Å². The summed E-state index contributed by atoms with van der Waals surface area (Å²) in [5.74, 6) is 0.884. The summed E-state index contributed by atoms with van der Waals surface area (Å²) in [4.78, 5) is 28.7. The normalized spacial score (nSPS) is 14.0. The molecule has 2 N–H and O–H groups in total. The Morgan fingerprint density at radius 1 is 1.30 bits per heavy atom. The van der Waals surface area contributed by atoms with Crippen LogP contribution in [-0.2, 0) is 31.5 Å². The minimum Gasteiger partial charge on any atom is -0.338 e. The molecule has 0 saturated heterocycles. The number of fused-ring (bicyclic) bond motifs is 1. The van der Waals surface area contributed by atoms with Crippen molar-refractivity contribution < 1.29 is 4.79 Å². The lowest BCUT2D eigenvalue weighted by Gasteiger charge is -2.13. The highest BCUT2D eigenvalue weighted by Gasteiger charge is 2.18. The van der Waals surface area contributed by atoms with Crippen LogP contribution in [0.15, 0.2) is 10.2 Å². The highest BCUT2D eigenvalue weighted by atomic mass is 32.1. The van der Waals surface area contributed by atoms with Crippen molar-refractivity contribution in [2.75, 3.05) is 6.54 Å². The molecule has 3 heterocycles. The van der Waals surface area contributed by atoms with Gasteiger partial charge in [-0.2, -0.15) is 5.10 Å². The minimum absolute atomic E-state index is 0.0234. The zero-order valence-electron chi connectivity index (χ0n) is 16.2. The average Bonchev–Trinajstić information content (AvgIpc) is 3.22. The minimum atomic E-state index is -0.225. The molecule has 148 valence electrons. The molecule has 3 rings (SSSR count). The lowest BCUT2D eigenvalue weighted by atomic mass is 9.98. The van der Waals surface area contributed by atoms with Gasteiger partial charge in [-0.15, -0.1) is 11.3 Å². The Labute approximate surface area is 163 Å². The predicted octanol–water partition coefficient (Wildman–Crippen LogP) is 2.02. The predicted molar refractivity (Wildman–Crippen MR) is 105 cm³/mol. The Morgan fingerprint density at radius 3 is 2.81 bits per heavy atom. The number of nitrogens with one attached hydrogen (secondary N) is 2. The van der Waals surface area contributed by atoms with Crippen LogP contribution in [0.4, 0.5) is 4.79 Å². The van der Waals surface area contributed by atoms with Gasteiger partial charge in [-0.3, -0.25) is 4.57 Å². The summed E-state index contributed by atoms with van der Waals surface area (Å²) in [5.41, 5.74) is 0.859. The molecule has 9 heteroatoms. The number of aromatic nitrogens is 4. The second kappa shape index (κ2) is 8.24. The second-order valence-electron chi connectivity index (χ2n) is 7.89. The molecule has 1 aliphatic rings. The molecule has 0 saturated carbocycles. The molecule has 0 aliphatic carbocycles. The standard InChI is InChI=1S/C18H28N6O2S/c1-18(2,3)15-21-13(12-27-15)11-20-16(25)19-8-6-10-24-17(26)23-9-5-4-7-14(23)22-24/h12H,4-11H2,1-3H3,(H2,19,20,25). The molecule has 0 bridgehead atoms. The summed E-state index contributed by atoms with van der Waals surface area (Å²) in [6.45, 7) is 8.55. The highest BCUT2D eigenvalue weighted by molar-refractivity contribution is 7.09. The van der Waals surface area contributed by atoms with E-state index in [-0.39, 0.29) is 17.1 Å². The van der Waals surface area contributed by atoms with Crippen molar-refractivity contribution in [1.29, 1.82) is 0 Å². The van der Waals surface area contributed by atoms with E-state index in [1.165, 1.54) is 4.68 Å². The van der Waals surface area contributed by atoms with Crippen LogP contribution in [0.2, 0.25) is 0 Å². The van der Waals surface area contributed by atoms with Crippen molar-refractivity contribution in [2.45, 2.75) is 71.5 Å². The fraction of sp³-hybridized carbons (Fsp3) is 0.667. The summed E-state index contributed by atoms with van der Waals surface area (Å²) >= 11 is 1.62. The van der Waals surface area contributed by atoms with E-state index in [4.69, 9.17) is 0 Å². The number of hydrogen-bond acceptors (Lipinski definition) is 5. The number of amides is 2. The van der Waals surface area contributed by atoms with E-state index in [1.54, 1.807) is 15.9 Å². The first-order chi connectivity index (χ1) is 12.8. The number of nitrogens with zero attached hydrogens (tertiary/aromatic N) is 4. The summed E-state index contributed by atoms with van der Waals surface area (Å²) in [6.07, 6.45) is 3.66. The molecule has 0 unspecified atom stereocenters. The van der Waals surface area contributed by atoms with Gasteiger partial charge in [0.2, 0.25) is 0 Å². The molecule has 27 heavy (non-hydrogen) atoms. The Bertz CT molecular complexity index is 845. The van der Waals surface area contributed by atoms with E-state index in [0.717, 1.165) is 42.3 Å². The first kappa shape index (κ1) is 19.6. The number of carbonyl (C=O) groups is 1. The number of urea groups is 1. The van der Waals surface area contributed by atoms with Gasteiger partial charge in [-0.1, -0.05) is 20.8 Å². The van der Waals surface area contributed by atoms with Gasteiger partial charge in [0, 0.05) is 36.9 Å². The Morgan fingerprint density at radius 2 is 2.11 bits per heavy atom. The van der Waals surface area contributed by atoms with Crippen LogP contribution in [0.25, 0.3) is 0 Å². The maximum absolute atomic E-state index is 12.2. The molecule has 0 fully saturated rings. The zero-order valence-corrected chi connectivity index (χ0v) is 17.1. The molecule has 2 amide bonds. The van der Waals surface area contributed by atoms with E-state index in [2.05, 4.69) is 41.5 Å². The topological polar surface area (TPSA) is 93.8 Å². The molecule has 0 atom stereocenters. The van der Waals surface area contributed by atoms with Crippen molar-refractivity contribution in [1.82, 2.24) is 30.0 Å². The largest absolute Gasteiger partial charge is 0.345 e. The molecule has 2 aromatic rings. The van der Waals surface area contributed by atoms with E-state index in [0.29, 0.717) is 26.1 Å². The van der Waals surface area contributed by atoms with Crippen molar-refractivity contribution in [3.05, 3.63) is 32.4 Å². The zero-order chi connectivity index (χ0) is 19.4. The molecule has 1 aliphatic heterocycles. The molecular formula is C18H28N6O2S. The van der Waals surface area contributed by atoms with Gasteiger partial charge in [0.1, 0.15) is 5.82 Å². The smallest absolute Gasteiger partial charge is 0.338 e. The highest BCUT2D eigenvalue weighted by Crippen LogP contribution is 2.25. The van der Waals surface area contributed by atoms with E-state index in [9.17, 15) is 9.59 Å². The van der Waals surface area contributed by atoms with Crippen LogP contribution in [0.3, 0.4) is 0 Å². The van der Waals surface area contributed by atoms with E-state index >= 15 is 0 Å². The van der Waals surface area contributed by atoms with Crippen LogP contribution in [-0.4, -0.2) is 31.9 Å². The summed E-state index contributed by atoms with van der Waals surface area (Å²) < 4.78 is 3.28. The number of rotatable bonds is 6. The Balaban J connectivity index is 1.38. The summed E-state index contributed by atoms with van der Waals surface area (Å²) in [6, 6.07) is -0.225. The van der Waals surface area contributed by atoms with Crippen molar-refractivity contribution >= 4 is 17.4 Å². The lowest BCUT2D eigenvalue weighted by Crippen LogP contribution is -2.36. The van der Waals surface area contributed by atoms with Crippen molar-refractivity contribution in [2.24, 2.45) is 0 Å². The maximum Gasteiger partial charge on any atom is 0.345 e. The number of aryl methyl sites for hydroxylation is 2. The Hall–Kier alpha value is -2.16. The molecule has 8 nitrogen and oxygen atoms in total. The van der Waals surface area contributed by atoms with Gasteiger partial charge in [0.25, 0.3) is 0 Å².